The third-order valence-electron chi connectivity index (χ3n) is 6.29. The third-order valence-corrected chi connectivity index (χ3v) is 8.52. The van der Waals surface area contributed by atoms with Gasteiger partial charge in [-0.25, -0.2) is 4.79 Å². The summed E-state index contributed by atoms with van der Waals surface area (Å²) < 4.78 is 4.99. The van der Waals surface area contributed by atoms with Gasteiger partial charge in [-0.1, -0.05) is 24.3 Å². The van der Waals surface area contributed by atoms with Gasteiger partial charge in [0.25, 0.3) is 5.91 Å². The predicted octanol–water partition coefficient (Wildman–Crippen LogP) is 5.12. The molecule has 1 unspecified atom stereocenters. The van der Waals surface area contributed by atoms with Crippen molar-refractivity contribution < 1.29 is 23.9 Å². The van der Waals surface area contributed by atoms with Gasteiger partial charge in [-0.2, -0.15) is 0 Å². The number of amides is 3. The van der Waals surface area contributed by atoms with Gasteiger partial charge in [-0.3, -0.25) is 14.4 Å². The highest BCUT2D eigenvalue weighted by Crippen LogP contribution is 2.38. The molecule has 4 rings (SSSR count). The first kappa shape index (κ1) is 27.4. The Kier molecular flexibility index (Phi) is 8.53. The molecule has 2 aromatic carbocycles. The van der Waals surface area contributed by atoms with Crippen LogP contribution >= 0.6 is 23.1 Å². The molecule has 1 aliphatic rings. The topological polar surface area (TPSA) is 105 Å². The monoisotopic (exact) mass is 551 g/mol. The van der Waals surface area contributed by atoms with E-state index in [1.807, 2.05) is 43.3 Å². The van der Waals surface area contributed by atoms with E-state index in [2.05, 4.69) is 10.6 Å². The molecule has 0 radical (unpaired) electrons. The minimum Gasteiger partial charge on any atom is -0.465 e. The first-order valence-corrected chi connectivity index (χ1v) is 13.8. The van der Waals surface area contributed by atoms with Crippen LogP contribution < -0.4 is 10.6 Å². The molecule has 8 nitrogen and oxygen atoms in total. The predicted molar refractivity (Wildman–Crippen MR) is 150 cm³/mol. The van der Waals surface area contributed by atoms with Crippen molar-refractivity contribution in [1.29, 1.82) is 0 Å². The van der Waals surface area contributed by atoms with Crippen molar-refractivity contribution in [1.82, 2.24) is 4.90 Å². The molecule has 2 heterocycles. The number of hydrogen-bond acceptors (Lipinski definition) is 7. The highest BCUT2D eigenvalue weighted by molar-refractivity contribution is 8.00. The number of benzene rings is 2. The van der Waals surface area contributed by atoms with Gasteiger partial charge in [0.05, 0.1) is 24.5 Å². The van der Waals surface area contributed by atoms with Crippen LogP contribution in [0.2, 0.25) is 0 Å². The largest absolute Gasteiger partial charge is 0.465 e. The molecule has 0 fully saturated rings. The number of fused-ring (bicyclic) bond motifs is 1. The molecule has 198 valence electrons. The van der Waals surface area contributed by atoms with Crippen LogP contribution in [0.25, 0.3) is 0 Å². The molecule has 0 spiro atoms. The number of anilines is 2. The fourth-order valence-electron chi connectivity index (χ4n) is 4.22. The van der Waals surface area contributed by atoms with Gasteiger partial charge in [0.1, 0.15) is 5.00 Å². The van der Waals surface area contributed by atoms with Crippen LogP contribution in [0.15, 0.2) is 53.4 Å². The van der Waals surface area contributed by atoms with Crippen LogP contribution in [-0.4, -0.2) is 47.5 Å². The molecule has 0 bridgehead atoms. The van der Waals surface area contributed by atoms with E-state index in [0.29, 0.717) is 41.3 Å². The molecular formula is C28H29N3O5S2. The second-order valence-electron chi connectivity index (χ2n) is 8.94. The molecule has 0 saturated carbocycles. The van der Waals surface area contributed by atoms with Gasteiger partial charge in [-0.15, -0.1) is 23.1 Å². The first-order chi connectivity index (χ1) is 18.2. The Labute approximate surface area is 229 Å². The number of methoxy groups -OCH3 is 1. The Morgan fingerprint density at radius 3 is 2.55 bits per heavy atom. The maximum absolute atomic E-state index is 13.1. The number of aryl methyl sites for hydroxylation is 1. The summed E-state index contributed by atoms with van der Waals surface area (Å²) in [5, 5.41) is 5.77. The van der Waals surface area contributed by atoms with Crippen molar-refractivity contribution in [3.63, 3.8) is 0 Å². The highest BCUT2D eigenvalue weighted by atomic mass is 32.2. The van der Waals surface area contributed by atoms with Crippen LogP contribution in [0, 0.1) is 6.92 Å². The second-order valence-corrected chi connectivity index (χ2v) is 11.5. The summed E-state index contributed by atoms with van der Waals surface area (Å²) in [5.41, 5.74) is 3.31. The van der Waals surface area contributed by atoms with E-state index in [-0.39, 0.29) is 17.7 Å². The molecule has 38 heavy (non-hydrogen) atoms. The number of carbonyl (C=O) groups excluding carboxylic acids is 4. The van der Waals surface area contributed by atoms with Crippen LogP contribution in [0.4, 0.5) is 10.7 Å². The Morgan fingerprint density at radius 1 is 1.08 bits per heavy atom. The summed E-state index contributed by atoms with van der Waals surface area (Å²) in [5.74, 6) is -1.00. The number of thiophene rings is 1. The van der Waals surface area contributed by atoms with E-state index < -0.39 is 11.2 Å². The smallest absolute Gasteiger partial charge is 0.341 e. The number of nitrogens with zero attached hydrogens (tertiary/aromatic N) is 1. The molecule has 3 amide bonds. The van der Waals surface area contributed by atoms with Crippen LogP contribution in [0.5, 0.6) is 0 Å². The number of carbonyl (C=O) groups is 4. The van der Waals surface area contributed by atoms with Gasteiger partial charge < -0.3 is 20.3 Å². The van der Waals surface area contributed by atoms with E-state index in [9.17, 15) is 19.2 Å². The lowest BCUT2D eigenvalue weighted by Crippen LogP contribution is -2.33. The number of hydrogen-bond donors (Lipinski definition) is 2. The average molecular weight is 552 g/mol. The van der Waals surface area contributed by atoms with Gasteiger partial charge in [0, 0.05) is 34.5 Å². The lowest BCUT2D eigenvalue weighted by Gasteiger charge is -2.25. The number of rotatable bonds is 7. The Morgan fingerprint density at radius 2 is 1.84 bits per heavy atom. The number of esters is 1. The maximum atomic E-state index is 13.1. The lowest BCUT2D eigenvalue weighted by molar-refractivity contribution is -0.129. The van der Waals surface area contributed by atoms with Crippen LogP contribution in [-0.2, 0) is 27.3 Å². The molecule has 10 heteroatoms. The summed E-state index contributed by atoms with van der Waals surface area (Å²) in [6.07, 6.45) is 0.525. The molecule has 0 aliphatic carbocycles. The third kappa shape index (κ3) is 6.08. The van der Waals surface area contributed by atoms with E-state index >= 15 is 0 Å². The molecule has 3 aromatic rings. The molecule has 1 aromatic heterocycles. The summed E-state index contributed by atoms with van der Waals surface area (Å²) in [6, 6.07) is 14.7. The van der Waals surface area contributed by atoms with Gasteiger partial charge >= 0.3 is 5.97 Å². The van der Waals surface area contributed by atoms with Gasteiger partial charge in [-0.05, 0) is 55.7 Å². The molecule has 1 atom stereocenters. The minimum atomic E-state index is -0.508. The first-order valence-electron chi connectivity index (χ1n) is 12.1. The standard InChI is InChI=1S/C28H29N3O5S2/c1-16-8-5-6-11-21(16)26(34)29-19-9-7-10-20(14-19)37-17(2)25(33)30-27-24(28(35)36-4)22-12-13-31(18(3)32)15-23(22)38-27/h5-11,14,17H,12-13,15H2,1-4H3,(H,29,34)(H,30,33). The van der Waals surface area contributed by atoms with E-state index in [1.54, 1.807) is 24.0 Å². The van der Waals surface area contributed by atoms with Crippen molar-refractivity contribution in [2.45, 2.75) is 43.9 Å². The quantitative estimate of drug-likeness (QED) is 0.312. The number of ether oxygens (including phenoxy) is 1. The van der Waals surface area contributed by atoms with Crippen molar-refractivity contribution in [2.24, 2.45) is 0 Å². The Balaban J connectivity index is 1.46. The zero-order valence-corrected chi connectivity index (χ0v) is 23.3. The number of thioether (sulfide) groups is 1. The van der Waals surface area contributed by atoms with Crippen molar-refractivity contribution >= 4 is 57.5 Å². The summed E-state index contributed by atoms with van der Waals surface area (Å²) in [4.78, 5) is 53.7. The molecular weight excluding hydrogens is 522 g/mol. The van der Waals surface area contributed by atoms with Crippen LogP contribution in [0.1, 0.15) is 50.6 Å². The zero-order chi connectivity index (χ0) is 27.4. The van der Waals surface area contributed by atoms with Crippen molar-refractivity contribution in [3.8, 4) is 0 Å². The van der Waals surface area contributed by atoms with E-state index in [4.69, 9.17) is 4.74 Å². The highest BCUT2D eigenvalue weighted by Gasteiger charge is 2.30. The summed E-state index contributed by atoms with van der Waals surface area (Å²) in [6.45, 7) is 6.10. The number of nitrogens with one attached hydrogen (secondary N) is 2. The van der Waals surface area contributed by atoms with Gasteiger partial charge in [0.15, 0.2) is 0 Å². The Hall–Kier alpha value is -3.63. The zero-order valence-electron chi connectivity index (χ0n) is 21.6. The van der Waals surface area contributed by atoms with Crippen LogP contribution in [0.3, 0.4) is 0 Å². The lowest BCUT2D eigenvalue weighted by atomic mass is 10.0. The van der Waals surface area contributed by atoms with Crippen molar-refractivity contribution in [3.05, 3.63) is 75.7 Å². The fraction of sp³-hybridized carbons (Fsp3) is 0.286. The minimum absolute atomic E-state index is 0.0309. The van der Waals surface area contributed by atoms with Crippen molar-refractivity contribution in [2.75, 3.05) is 24.3 Å². The normalized spacial score (nSPS) is 13.3. The van der Waals surface area contributed by atoms with E-state index in [0.717, 1.165) is 20.9 Å². The molecule has 0 saturated heterocycles. The molecule has 2 N–H and O–H groups in total. The summed E-state index contributed by atoms with van der Waals surface area (Å²) >= 11 is 2.65. The molecule has 1 aliphatic heterocycles. The SMILES string of the molecule is COC(=O)c1c(NC(=O)C(C)Sc2cccc(NC(=O)c3ccccc3C)c2)sc2c1CCN(C(C)=O)C2. The maximum Gasteiger partial charge on any atom is 0.341 e. The Bertz CT molecular complexity index is 1400. The summed E-state index contributed by atoms with van der Waals surface area (Å²) in [7, 11) is 1.31. The second kappa shape index (κ2) is 11.8. The fourth-order valence-corrected chi connectivity index (χ4v) is 6.40. The van der Waals surface area contributed by atoms with E-state index in [1.165, 1.54) is 37.1 Å². The average Bonchev–Trinajstić information content (AvgIpc) is 3.25. The van der Waals surface area contributed by atoms with Gasteiger partial charge in [0.2, 0.25) is 11.8 Å².